The van der Waals surface area contributed by atoms with Crippen LogP contribution in [0.3, 0.4) is 0 Å². The maximum Gasteiger partial charge on any atom is 0.240 e. The highest BCUT2D eigenvalue weighted by Gasteiger charge is 2.22. The van der Waals surface area contributed by atoms with Gasteiger partial charge < -0.3 is 5.32 Å². The Morgan fingerprint density at radius 1 is 1.30 bits per heavy atom. The van der Waals surface area contributed by atoms with Crippen molar-refractivity contribution in [3.63, 3.8) is 0 Å². The molecule has 0 bridgehead atoms. The summed E-state index contributed by atoms with van der Waals surface area (Å²) in [6.07, 6.45) is 4.30. The number of benzene rings is 1. The quantitative estimate of drug-likeness (QED) is 0.724. The third kappa shape index (κ3) is 4.04. The molecule has 112 valence electrons. The number of sulfonamides is 1. The van der Waals surface area contributed by atoms with Gasteiger partial charge in [-0.1, -0.05) is 25.5 Å². The van der Waals surface area contributed by atoms with Crippen molar-refractivity contribution in [2.45, 2.75) is 57.0 Å². The molecule has 0 saturated heterocycles. The molecule has 5 heteroatoms. The van der Waals surface area contributed by atoms with Crippen LogP contribution in [0.4, 0.5) is 0 Å². The second kappa shape index (κ2) is 6.70. The van der Waals surface area contributed by atoms with Gasteiger partial charge >= 0.3 is 0 Å². The van der Waals surface area contributed by atoms with E-state index >= 15 is 0 Å². The Labute approximate surface area is 122 Å². The van der Waals surface area contributed by atoms with Crippen molar-refractivity contribution in [1.29, 1.82) is 0 Å². The molecule has 0 heterocycles. The van der Waals surface area contributed by atoms with E-state index in [0.29, 0.717) is 17.5 Å². The molecule has 0 aliphatic heterocycles. The molecule has 0 amide bonds. The Morgan fingerprint density at radius 3 is 2.70 bits per heavy atom. The Balaban J connectivity index is 2.11. The van der Waals surface area contributed by atoms with Gasteiger partial charge in [-0.25, -0.2) is 13.1 Å². The van der Waals surface area contributed by atoms with E-state index < -0.39 is 10.0 Å². The molecule has 1 aromatic carbocycles. The number of hydrogen-bond acceptors (Lipinski definition) is 3. The summed E-state index contributed by atoms with van der Waals surface area (Å²) in [6, 6.07) is 6.13. The second-order valence-electron chi connectivity index (χ2n) is 5.45. The molecule has 1 fully saturated rings. The van der Waals surface area contributed by atoms with E-state index in [-0.39, 0.29) is 0 Å². The lowest BCUT2D eigenvalue weighted by molar-refractivity contribution is 0.577. The van der Waals surface area contributed by atoms with Crippen molar-refractivity contribution in [2.75, 3.05) is 6.54 Å². The molecule has 1 aliphatic rings. The zero-order chi connectivity index (χ0) is 14.6. The van der Waals surface area contributed by atoms with Crippen LogP contribution in [0.25, 0.3) is 0 Å². The van der Waals surface area contributed by atoms with Gasteiger partial charge in [-0.2, -0.15) is 0 Å². The normalized spacial score (nSPS) is 15.5. The standard InChI is InChI=1S/C15H24N2O2S/c1-3-4-10-17-20(18,19)15-7-5-6-13(12(15)2)11-16-14-8-9-14/h5-7,14,16-17H,3-4,8-11H2,1-2H3. The molecule has 1 aliphatic carbocycles. The van der Waals surface area contributed by atoms with Crippen LogP contribution in [0, 0.1) is 6.92 Å². The first kappa shape index (κ1) is 15.5. The summed E-state index contributed by atoms with van der Waals surface area (Å²) in [7, 11) is -3.39. The van der Waals surface area contributed by atoms with Gasteiger partial charge in [0.2, 0.25) is 10.0 Å². The molecule has 2 rings (SSSR count). The van der Waals surface area contributed by atoms with Gasteiger partial charge in [-0.15, -0.1) is 0 Å². The Hall–Kier alpha value is -0.910. The maximum atomic E-state index is 12.3. The van der Waals surface area contributed by atoms with Crippen molar-refractivity contribution in [1.82, 2.24) is 10.0 Å². The Kier molecular flexibility index (Phi) is 5.18. The predicted molar refractivity (Wildman–Crippen MR) is 81.1 cm³/mol. The second-order valence-corrected chi connectivity index (χ2v) is 7.18. The highest BCUT2D eigenvalue weighted by molar-refractivity contribution is 7.89. The van der Waals surface area contributed by atoms with Gasteiger partial charge in [-0.3, -0.25) is 0 Å². The molecule has 1 aromatic rings. The van der Waals surface area contributed by atoms with Gasteiger partial charge in [0.25, 0.3) is 0 Å². The molecule has 0 unspecified atom stereocenters. The zero-order valence-corrected chi connectivity index (χ0v) is 13.1. The molecule has 0 aromatic heterocycles. The fraction of sp³-hybridized carbons (Fsp3) is 0.600. The van der Waals surface area contributed by atoms with Crippen LogP contribution in [0.2, 0.25) is 0 Å². The van der Waals surface area contributed by atoms with Gasteiger partial charge in [0, 0.05) is 19.1 Å². The fourth-order valence-electron chi connectivity index (χ4n) is 2.15. The molecule has 2 N–H and O–H groups in total. The molecule has 0 atom stereocenters. The first-order valence-electron chi connectivity index (χ1n) is 7.36. The van der Waals surface area contributed by atoms with E-state index in [4.69, 9.17) is 0 Å². The van der Waals surface area contributed by atoms with E-state index in [1.54, 1.807) is 6.07 Å². The smallest absolute Gasteiger partial charge is 0.240 e. The minimum Gasteiger partial charge on any atom is -0.310 e. The van der Waals surface area contributed by atoms with E-state index in [0.717, 1.165) is 30.5 Å². The fourth-order valence-corrected chi connectivity index (χ4v) is 3.51. The number of unbranched alkanes of at least 4 members (excludes halogenated alkanes) is 1. The van der Waals surface area contributed by atoms with E-state index in [1.165, 1.54) is 12.8 Å². The van der Waals surface area contributed by atoms with Crippen molar-refractivity contribution in [3.05, 3.63) is 29.3 Å². The number of nitrogens with one attached hydrogen (secondary N) is 2. The maximum absolute atomic E-state index is 12.3. The Bertz CT molecular complexity index is 551. The van der Waals surface area contributed by atoms with E-state index in [1.807, 2.05) is 26.0 Å². The van der Waals surface area contributed by atoms with Gasteiger partial charge in [0.1, 0.15) is 0 Å². The summed E-state index contributed by atoms with van der Waals surface area (Å²) in [5.74, 6) is 0. The molecule has 0 radical (unpaired) electrons. The van der Waals surface area contributed by atoms with Crippen molar-refractivity contribution in [3.8, 4) is 0 Å². The molecule has 4 nitrogen and oxygen atoms in total. The van der Waals surface area contributed by atoms with E-state index in [9.17, 15) is 8.42 Å². The summed E-state index contributed by atoms with van der Waals surface area (Å²) in [6.45, 7) is 5.18. The number of rotatable bonds is 8. The summed E-state index contributed by atoms with van der Waals surface area (Å²) in [5, 5.41) is 3.43. The van der Waals surface area contributed by atoms with Crippen LogP contribution in [0.15, 0.2) is 23.1 Å². The lowest BCUT2D eigenvalue weighted by atomic mass is 10.1. The molecule has 20 heavy (non-hydrogen) atoms. The lowest BCUT2D eigenvalue weighted by Gasteiger charge is -2.13. The third-order valence-corrected chi connectivity index (χ3v) is 5.27. The first-order valence-corrected chi connectivity index (χ1v) is 8.84. The number of hydrogen-bond donors (Lipinski definition) is 2. The van der Waals surface area contributed by atoms with Gasteiger partial charge in [0.05, 0.1) is 4.90 Å². The summed E-state index contributed by atoms with van der Waals surface area (Å²) in [4.78, 5) is 0.406. The van der Waals surface area contributed by atoms with Crippen molar-refractivity contribution in [2.24, 2.45) is 0 Å². The minimum absolute atomic E-state index is 0.406. The van der Waals surface area contributed by atoms with Crippen LogP contribution in [0.5, 0.6) is 0 Å². The largest absolute Gasteiger partial charge is 0.310 e. The third-order valence-electron chi connectivity index (χ3n) is 3.67. The SMILES string of the molecule is CCCCNS(=O)(=O)c1cccc(CNC2CC2)c1C. The zero-order valence-electron chi connectivity index (χ0n) is 12.3. The highest BCUT2D eigenvalue weighted by Crippen LogP contribution is 2.22. The van der Waals surface area contributed by atoms with E-state index in [2.05, 4.69) is 10.0 Å². The minimum atomic E-state index is -3.39. The Morgan fingerprint density at radius 2 is 2.05 bits per heavy atom. The molecular weight excluding hydrogens is 272 g/mol. The summed E-state index contributed by atoms with van der Waals surface area (Å²) >= 11 is 0. The van der Waals surface area contributed by atoms with Crippen molar-refractivity contribution >= 4 is 10.0 Å². The van der Waals surface area contributed by atoms with Gasteiger partial charge in [-0.05, 0) is 43.4 Å². The highest BCUT2D eigenvalue weighted by atomic mass is 32.2. The average molecular weight is 296 g/mol. The van der Waals surface area contributed by atoms with Crippen LogP contribution in [-0.2, 0) is 16.6 Å². The lowest BCUT2D eigenvalue weighted by Crippen LogP contribution is -2.26. The van der Waals surface area contributed by atoms with Crippen LogP contribution in [0.1, 0.15) is 43.7 Å². The predicted octanol–water partition coefficient (Wildman–Crippen LogP) is 2.33. The average Bonchev–Trinajstić information content (AvgIpc) is 3.21. The summed E-state index contributed by atoms with van der Waals surface area (Å²) < 4.78 is 27.3. The van der Waals surface area contributed by atoms with Crippen molar-refractivity contribution < 1.29 is 8.42 Å². The first-order chi connectivity index (χ1) is 9.54. The van der Waals surface area contributed by atoms with Gasteiger partial charge in [0.15, 0.2) is 0 Å². The van der Waals surface area contributed by atoms with Crippen LogP contribution >= 0.6 is 0 Å². The topological polar surface area (TPSA) is 58.2 Å². The molecular formula is C15H24N2O2S. The summed E-state index contributed by atoms with van der Waals surface area (Å²) in [5.41, 5.74) is 1.92. The molecule has 0 spiro atoms. The van der Waals surface area contributed by atoms with Crippen LogP contribution in [-0.4, -0.2) is 21.0 Å². The monoisotopic (exact) mass is 296 g/mol. The van der Waals surface area contributed by atoms with Crippen LogP contribution < -0.4 is 10.0 Å². The molecule has 1 saturated carbocycles.